The second-order valence-electron chi connectivity index (χ2n) is 5.33. The molecule has 110 valence electrons. The lowest BCUT2D eigenvalue weighted by atomic mass is 10.1. The van der Waals surface area contributed by atoms with Crippen LogP contribution in [0.4, 0.5) is 0 Å². The van der Waals surface area contributed by atoms with Crippen LogP contribution in [-0.4, -0.2) is 23.5 Å². The van der Waals surface area contributed by atoms with E-state index in [0.29, 0.717) is 6.54 Å². The maximum Gasteiger partial charge on any atom is 0.237 e. The highest BCUT2D eigenvalue weighted by atomic mass is 32.1. The van der Waals surface area contributed by atoms with Crippen molar-refractivity contribution in [2.24, 2.45) is 0 Å². The number of hydrogen-bond donors (Lipinski definition) is 2. The van der Waals surface area contributed by atoms with Gasteiger partial charge in [-0.05, 0) is 37.4 Å². The van der Waals surface area contributed by atoms with Crippen molar-refractivity contribution >= 4 is 17.2 Å². The van der Waals surface area contributed by atoms with E-state index in [1.54, 1.807) is 11.3 Å². The lowest BCUT2D eigenvalue weighted by molar-refractivity contribution is -0.122. The van der Waals surface area contributed by atoms with E-state index in [4.69, 9.17) is 0 Å². The molecule has 1 aromatic heterocycles. The Morgan fingerprint density at radius 2 is 2.24 bits per heavy atom. The molecular formula is C16H19N3OS. The zero-order chi connectivity index (χ0) is 14.7. The molecule has 0 saturated carbocycles. The Bertz CT molecular complexity index is 615. The summed E-state index contributed by atoms with van der Waals surface area (Å²) in [7, 11) is 0. The second kappa shape index (κ2) is 6.37. The molecule has 1 fully saturated rings. The van der Waals surface area contributed by atoms with E-state index in [-0.39, 0.29) is 11.9 Å². The first kappa shape index (κ1) is 14.2. The van der Waals surface area contributed by atoms with Gasteiger partial charge in [0, 0.05) is 6.54 Å². The number of thiazole rings is 1. The maximum atomic E-state index is 11.9. The van der Waals surface area contributed by atoms with Crippen molar-refractivity contribution in [1.82, 2.24) is 15.6 Å². The SMILES string of the molecule is Cc1ncsc1-c1ccc(CNC(=O)[C@@H]2CCCN2)cc1. The Kier molecular flexibility index (Phi) is 4.31. The van der Waals surface area contributed by atoms with Gasteiger partial charge in [-0.1, -0.05) is 24.3 Å². The molecule has 1 aromatic carbocycles. The third kappa shape index (κ3) is 3.31. The summed E-state index contributed by atoms with van der Waals surface area (Å²) < 4.78 is 0. The van der Waals surface area contributed by atoms with Crippen molar-refractivity contribution in [3.05, 3.63) is 41.0 Å². The zero-order valence-corrected chi connectivity index (χ0v) is 12.9. The molecule has 0 aliphatic carbocycles. The van der Waals surface area contributed by atoms with Gasteiger partial charge in [-0.15, -0.1) is 11.3 Å². The van der Waals surface area contributed by atoms with Gasteiger partial charge in [-0.3, -0.25) is 4.79 Å². The molecule has 2 heterocycles. The normalized spacial score (nSPS) is 17.9. The topological polar surface area (TPSA) is 54.0 Å². The molecule has 0 bridgehead atoms. The Labute approximate surface area is 128 Å². The quantitative estimate of drug-likeness (QED) is 0.912. The molecule has 1 saturated heterocycles. The van der Waals surface area contributed by atoms with Crippen molar-refractivity contribution in [3.8, 4) is 10.4 Å². The molecular weight excluding hydrogens is 282 g/mol. The number of amides is 1. The van der Waals surface area contributed by atoms with Crippen LogP contribution in [0.3, 0.4) is 0 Å². The number of benzene rings is 1. The Morgan fingerprint density at radius 3 is 2.86 bits per heavy atom. The zero-order valence-electron chi connectivity index (χ0n) is 12.1. The number of aromatic nitrogens is 1. The summed E-state index contributed by atoms with van der Waals surface area (Å²) in [6.07, 6.45) is 2.02. The fourth-order valence-corrected chi connectivity index (χ4v) is 3.39. The number of carbonyl (C=O) groups excluding carboxylic acids is 1. The van der Waals surface area contributed by atoms with Crippen LogP contribution < -0.4 is 10.6 Å². The molecule has 2 aromatic rings. The molecule has 0 radical (unpaired) electrons. The summed E-state index contributed by atoms with van der Waals surface area (Å²) in [4.78, 5) is 17.4. The average Bonchev–Trinajstić information content (AvgIpc) is 3.17. The molecule has 4 nitrogen and oxygen atoms in total. The number of carbonyl (C=O) groups is 1. The van der Waals surface area contributed by atoms with E-state index in [1.165, 1.54) is 10.4 Å². The molecule has 21 heavy (non-hydrogen) atoms. The molecule has 1 aliphatic heterocycles. The van der Waals surface area contributed by atoms with Crippen molar-refractivity contribution in [2.75, 3.05) is 6.54 Å². The average molecular weight is 301 g/mol. The Morgan fingerprint density at radius 1 is 1.43 bits per heavy atom. The number of hydrogen-bond acceptors (Lipinski definition) is 4. The molecule has 1 atom stereocenters. The molecule has 5 heteroatoms. The summed E-state index contributed by atoms with van der Waals surface area (Å²) >= 11 is 1.65. The molecule has 1 amide bonds. The molecule has 2 N–H and O–H groups in total. The molecule has 0 unspecified atom stereocenters. The number of aryl methyl sites for hydroxylation is 1. The van der Waals surface area contributed by atoms with Gasteiger partial charge in [0.05, 0.1) is 22.1 Å². The predicted molar refractivity (Wildman–Crippen MR) is 85.2 cm³/mol. The van der Waals surface area contributed by atoms with Gasteiger partial charge in [0.25, 0.3) is 0 Å². The van der Waals surface area contributed by atoms with Crippen molar-refractivity contribution in [3.63, 3.8) is 0 Å². The largest absolute Gasteiger partial charge is 0.351 e. The highest BCUT2D eigenvalue weighted by Crippen LogP contribution is 2.27. The smallest absolute Gasteiger partial charge is 0.237 e. The molecule has 1 aliphatic rings. The van der Waals surface area contributed by atoms with E-state index in [9.17, 15) is 4.79 Å². The van der Waals surface area contributed by atoms with Gasteiger partial charge in [-0.25, -0.2) is 4.98 Å². The Balaban J connectivity index is 1.60. The van der Waals surface area contributed by atoms with Crippen molar-refractivity contribution in [1.29, 1.82) is 0 Å². The monoisotopic (exact) mass is 301 g/mol. The number of rotatable bonds is 4. The number of nitrogens with one attached hydrogen (secondary N) is 2. The standard InChI is InChI=1S/C16H19N3OS/c1-11-15(21-10-19-11)13-6-4-12(5-7-13)9-18-16(20)14-3-2-8-17-14/h4-7,10,14,17H,2-3,8-9H2,1H3,(H,18,20)/t14-/m0/s1. The van der Waals surface area contributed by atoms with Gasteiger partial charge < -0.3 is 10.6 Å². The van der Waals surface area contributed by atoms with Crippen molar-refractivity contribution in [2.45, 2.75) is 32.4 Å². The van der Waals surface area contributed by atoms with Crippen molar-refractivity contribution < 1.29 is 4.79 Å². The fourth-order valence-electron chi connectivity index (χ4n) is 2.57. The third-order valence-corrected chi connectivity index (χ3v) is 4.78. The maximum absolute atomic E-state index is 11.9. The highest BCUT2D eigenvalue weighted by molar-refractivity contribution is 7.13. The van der Waals surface area contributed by atoms with E-state index >= 15 is 0 Å². The first-order valence-electron chi connectivity index (χ1n) is 7.24. The summed E-state index contributed by atoms with van der Waals surface area (Å²) in [5.41, 5.74) is 5.23. The van der Waals surface area contributed by atoms with Gasteiger partial charge in [0.15, 0.2) is 0 Å². The van der Waals surface area contributed by atoms with Gasteiger partial charge in [0.2, 0.25) is 5.91 Å². The minimum Gasteiger partial charge on any atom is -0.351 e. The third-order valence-electron chi connectivity index (χ3n) is 3.81. The lowest BCUT2D eigenvalue weighted by Gasteiger charge is -2.11. The van der Waals surface area contributed by atoms with Crippen LogP contribution in [0.1, 0.15) is 24.1 Å². The fraction of sp³-hybridized carbons (Fsp3) is 0.375. The van der Waals surface area contributed by atoms with Crippen LogP contribution in [0, 0.1) is 6.92 Å². The van der Waals surface area contributed by atoms with Gasteiger partial charge in [-0.2, -0.15) is 0 Å². The minimum absolute atomic E-state index is 0.0101. The van der Waals surface area contributed by atoms with Gasteiger partial charge >= 0.3 is 0 Å². The molecule has 3 rings (SSSR count). The van der Waals surface area contributed by atoms with Gasteiger partial charge in [0.1, 0.15) is 0 Å². The highest BCUT2D eigenvalue weighted by Gasteiger charge is 2.21. The minimum atomic E-state index is -0.0101. The summed E-state index contributed by atoms with van der Waals surface area (Å²) in [5.74, 6) is 0.106. The second-order valence-corrected chi connectivity index (χ2v) is 6.19. The van der Waals surface area contributed by atoms with Crippen LogP contribution in [0.2, 0.25) is 0 Å². The van der Waals surface area contributed by atoms with Crippen LogP contribution >= 0.6 is 11.3 Å². The van der Waals surface area contributed by atoms with Crippen LogP contribution in [0.25, 0.3) is 10.4 Å². The first-order chi connectivity index (χ1) is 10.2. The van der Waals surface area contributed by atoms with E-state index < -0.39 is 0 Å². The van der Waals surface area contributed by atoms with E-state index in [2.05, 4.69) is 39.9 Å². The summed E-state index contributed by atoms with van der Waals surface area (Å²) in [5, 5.41) is 6.20. The first-order valence-corrected chi connectivity index (χ1v) is 8.12. The molecule has 0 spiro atoms. The van der Waals surface area contributed by atoms with Crippen LogP contribution in [0.5, 0.6) is 0 Å². The summed E-state index contributed by atoms with van der Waals surface area (Å²) in [6.45, 7) is 3.55. The van der Waals surface area contributed by atoms with Crippen LogP contribution in [0.15, 0.2) is 29.8 Å². The summed E-state index contributed by atoms with van der Waals surface area (Å²) in [6, 6.07) is 8.31. The Hall–Kier alpha value is -1.72. The number of nitrogens with zero attached hydrogens (tertiary/aromatic N) is 1. The van der Waals surface area contributed by atoms with Crippen LogP contribution in [-0.2, 0) is 11.3 Å². The predicted octanol–water partition coefficient (Wildman–Crippen LogP) is 2.49. The van der Waals surface area contributed by atoms with E-state index in [1.807, 2.05) is 12.4 Å². The lowest BCUT2D eigenvalue weighted by Crippen LogP contribution is -2.39. The van der Waals surface area contributed by atoms with E-state index in [0.717, 1.165) is 30.6 Å².